The lowest BCUT2D eigenvalue weighted by atomic mass is 10.1. The fourth-order valence-corrected chi connectivity index (χ4v) is 1.74. The van der Waals surface area contributed by atoms with E-state index in [0.29, 0.717) is 36.7 Å². The minimum absolute atomic E-state index is 0.00627. The van der Waals surface area contributed by atoms with Crippen molar-refractivity contribution in [2.75, 3.05) is 19.8 Å². The molecule has 0 aliphatic carbocycles. The lowest BCUT2D eigenvalue weighted by Gasteiger charge is -2.09. The first-order valence-electron chi connectivity index (χ1n) is 6.40. The molecule has 5 heteroatoms. The maximum absolute atomic E-state index is 11.9. The number of carbonyl (C=O) groups excluding carboxylic acids is 2. The van der Waals surface area contributed by atoms with E-state index in [4.69, 9.17) is 9.47 Å². The number of nitrogens with one attached hydrogen (secondary N) is 1. The van der Waals surface area contributed by atoms with Crippen LogP contribution in [0.4, 0.5) is 0 Å². The summed E-state index contributed by atoms with van der Waals surface area (Å²) in [5.41, 5.74) is 0.514. The van der Waals surface area contributed by atoms with Crippen molar-refractivity contribution in [3.8, 4) is 11.5 Å². The third kappa shape index (κ3) is 3.47. The van der Waals surface area contributed by atoms with Crippen molar-refractivity contribution >= 4 is 11.7 Å². The van der Waals surface area contributed by atoms with Gasteiger partial charge in [-0.1, -0.05) is 6.92 Å². The van der Waals surface area contributed by atoms with Gasteiger partial charge in [0, 0.05) is 18.4 Å². The van der Waals surface area contributed by atoms with Crippen LogP contribution in [0, 0.1) is 0 Å². The average Bonchev–Trinajstić information content (AvgIpc) is 2.68. The van der Waals surface area contributed by atoms with E-state index < -0.39 is 0 Å². The standard InChI is InChI=1S/C14H17NO4/c1-2-14(17)15-9-11(16)10-4-5-12-13(8-10)19-7-3-6-18-12/h4-5,8H,2-3,6-7,9H2,1H3,(H,15,17). The normalized spacial score (nSPS) is 13.5. The fourth-order valence-electron chi connectivity index (χ4n) is 1.74. The third-order valence-electron chi connectivity index (χ3n) is 2.84. The van der Waals surface area contributed by atoms with Crippen LogP contribution in [0.15, 0.2) is 18.2 Å². The van der Waals surface area contributed by atoms with E-state index in [1.807, 2.05) is 0 Å². The van der Waals surface area contributed by atoms with Gasteiger partial charge in [-0.2, -0.15) is 0 Å². The highest BCUT2D eigenvalue weighted by Gasteiger charge is 2.14. The fraction of sp³-hybridized carbons (Fsp3) is 0.429. The number of hydrogen-bond donors (Lipinski definition) is 1. The van der Waals surface area contributed by atoms with Crippen LogP contribution in [0.2, 0.25) is 0 Å². The topological polar surface area (TPSA) is 64.6 Å². The number of carbonyl (C=O) groups is 2. The van der Waals surface area contributed by atoms with Crippen molar-refractivity contribution in [2.24, 2.45) is 0 Å². The van der Waals surface area contributed by atoms with Gasteiger partial charge in [0.2, 0.25) is 5.91 Å². The van der Waals surface area contributed by atoms with E-state index in [9.17, 15) is 9.59 Å². The molecule has 0 unspecified atom stereocenters. The Bertz CT molecular complexity index is 484. The number of amides is 1. The molecule has 1 amide bonds. The second-order valence-corrected chi connectivity index (χ2v) is 4.27. The van der Waals surface area contributed by atoms with Crippen molar-refractivity contribution in [1.82, 2.24) is 5.32 Å². The molecule has 19 heavy (non-hydrogen) atoms. The summed E-state index contributed by atoms with van der Waals surface area (Å²) in [6.45, 7) is 2.95. The third-order valence-corrected chi connectivity index (χ3v) is 2.84. The van der Waals surface area contributed by atoms with Crippen molar-refractivity contribution in [3.63, 3.8) is 0 Å². The number of ketones is 1. The Morgan fingerprint density at radius 2 is 1.95 bits per heavy atom. The van der Waals surface area contributed by atoms with Gasteiger partial charge >= 0.3 is 0 Å². The summed E-state index contributed by atoms with van der Waals surface area (Å²) >= 11 is 0. The number of hydrogen-bond acceptors (Lipinski definition) is 4. The van der Waals surface area contributed by atoms with Crippen molar-refractivity contribution in [2.45, 2.75) is 19.8 Å². The summed E-state index contributed by atoms with van der Waals surface area (Å²) in [5, 5.41) is 2.56. The van der Waals surface area contributed by atoms with Gasteiger partial charge in [0.1, 0.15) is 0 Å². The molecule has 1 heterocycles. The SMILES string of the molecule is CCC(=O)NCC(=O)c1ccc2c(c1)OCCCO2. The van der Waals surface area contributed by atoms with Gasteiger partial charge in [0.05, 0.1) is 19.8 Å². The summed E-state index contributed by atoms with van der Waals surface area (Å²) in [5.74, 6) is 0.969. The quantitative estimate of drug-likeness (QED) is 0.837. The molecule has 2 rings (SSSR count). The molecule has 0 spiro atoms. The lowest BCUT2D eigenvalue weighted by molar-refractivity contribution is -0.120. The van der Waals surface area contributed by atoms with E-state index in [2.05, 4.69) is 5.32 Å². The van der Waals surface area contributed by atoms with Crippen LogP contribution in [0.5, 0.6) is 11.5 Å². The van der Waals surface area contributed by atoms with E-state index in [0.717, 1.165) is 6.42 Å². The first-order valence-corrected chi connectivity index (χ1v) is 6.40. The molecule has 5 nitrogen and oxygen atoms in total. The zero-order valence-electron chi connectivity index (χ0n) is 10.9. The Morgan fingerprint density at radius 1 is 1.21 bits per heavy atom. The Hall–Kier alpha value is -2.04. The Labute approximate surface area is 111 Å². The van der Waals surface area contributed by atoms with Crippen LogP contribution in [0.3, 0.4) is 0 Å². The summed E-state index contributed by atoms with van der Waals surface area (Å²) in [4.78, 5) is 23.0. The summed E-state index contributed by atoms with van der Waals surface area (Å²) in [6.07, 6.45) is 1.19. The highest BCUT2D eigenvalue weighted by molar-refractivity contribution is 5.99. The number of fused-ring (bicyclic) bond motifs is 1. The Morgan fingerprint density at radius 3 is 2.68 bits per heavy atom. The number of rotatable bonds is 4. The smallest absolute Gasteiger partial charge is 0.220 e. The van der Waals surface area contributed by atoms with Gasteiger partial charge in [0.25, 0.3) is 0 Å². The molecule has 0 aromatic heterocycles. The van der Waals surface area contributed by atoms with Gasteiger partial charge in [-0.25, -0.2) is 0 Å². The molecule has 0 saturated carbocycles. The minimum Gasteiger partial charge on any atom is -0.490 e. The van der Waals surface area contributed by atoms with Crippen LogP contribution in [-0.4, -0.2) is 31.4 Å². The molecule has 102 valence electrons. The first kappa shape index (κ1) is 13.4. The lowest BCUT2D eigenvalue weighted by Crippen LogP contribution is -2.28. The summed E-state index contributed by atoms with van der Waals surface area (Å²) < 4.78 is 11.0. The molecule has 1 aliphatic heterocycles. The van der Waals surface area contributed by atoms with Crippen molar-refractivity contribution < 1.29 is 19.1 Å². The predicted octanol–water partition coefficient (Wildman–Crippen LogP) is 1.56. The highest BCUT2D eigenvalue weighted by Crippen LogP contribution is 2.30. The van der Waals surface area contributed by atoms with Crippen LogP contribution < -0.4 is 14.8 Å². The zero-order chi connectivity index (χ0) is 13.7. The molecule has 1 aromatic rings. The molecule has 1 aliphatic rings. The number of ether oxygens (including phenoxy) is 2. The van der Waals surface area contributed by atoms with Gasteiger partial charge in [-0.05, 0) is 18.2 Å². The predicted molar refractivity (Wildman–Crippen MR) is 69.7 cm³/mol. The van der Waals surface area contributed by atoms with Crippen LogP contribution in [-0.2, 0) is 4.79 Å². The molecule has 0 radical (unpaired) electrons. The van der Waals surface area contributed by atoms with Crippen molar-refractivity contribution in [3.05, 3.63) is 23.8 Å². The number of benzene rings is 1. The molecule has 0 saturated heterocycles. The van der Waals surface area contributed by atoms with Gasteiger partial charge in [-0.15, -0.1) is 0 Å². The van der Waals surface area contributed by atoms with E-state index >= 15 is 0 Å². The monoisotopic (exact) mass is 263 g/mol. The minimum atomic E-state index is -0.141. The summed E-state index contributed by atoms with van der Waals surface area (Å²) in [6, 6.07) is 5.09. The zero-order valence-corrected chi connectivity index (χ0v) is 10.9. The molecule has 0 bridgehead atoms. The first-order chi connectivity index (χ1) is 9.20. The van der Waals surface area contributed by atoms with Crippen LogP contribution >= 0.6 is 0 Å². The second-order valence-electron chi connectivity index (χ2n) is 4.27. The maximum atomic E-state index is 11.9. The molecule has 0 fully saturated rings. The van der Waals surface area contributed by atoms with Crippen molar-refractivity contribution in [1.29, 1.82) is 0 Å². The van der Waals surface area contributed by atoms with Crippen LogP contribution in [0.1, 0.15) is 30.1 Å². The highest BCUT2D eigenvalue weighted by atomic mass is 16.5. The molecule has 0 atom stereocenters. The number of Topliss-reactive ketones (excluding diaryl/α,β-unsaturated/α-hetero) is 1. The average molecular weight is 263 g/mol. The van der Waals surface area contributed by atoms with Gasteiger partial charge in [0.15, 0.2) is 17.3 Å². The Kier molecular flexibility index (Phi) is 4.39. The molecular formula is C14H17NO4. The second kappa shape index (κ2) is 6.22. The van der Waals surface area contributed by atoms with E-state index in [1.165, 1.54) is 0 Å². The van der Waals surface area contributed by atoms with Gasteiger partial charge in [-0.3, -0.25) is 9.59 Å². The van der Waals surface area contributed by atoms with Gasteiger partial charge < -0.3 is 14.8 Å². The largest absolute Gasteiger partial charge is 0.490 e. The molecular weight excluding hydrogens is 246 g/mol. The van der Waals surface area contributed by atoms with E-state index in [1.54, 1.807) is 25.1 Å². The maximum Gasteiger partial charge on any atom is 0.220 e. The van der Waals surface area contributed by atoms with Crippen LogP contribution in [0.25, 0.3) is 0 Å². The molecule has 1 N–H and O–H groups in total. The van der Waals surface area contributed by atoms with E-state index in [-0.39, 0.29) is 18.2 Å². The summed E-state index contributed by atoms with van der Waals surface area (Å²) in [7, 11) is 0. The Balaban J connectivity index is 2.06. The molecule has 1 aromatic carbocycles.